The molecule has 1 heterocycles. The maximum Gasteiger partial charge on any atom is 0.0453 e. The van der Waals surface area contributed by atoms with Crippen molar-refractivity contribution in [1.82, 2.24) is 4.90 Å². The van der Waals surface area contributed by atoms with Crippen LogP contribution in [-0.2, 0) is 0 Å². The Kier molecular flexibility index (Phi) is 3.29. The summed E-state index contributed by atoms with van der Waals surface area (Å²) in [5.41, 5.74) is 7.21. The van der Waals surface area contributed by atoms with Gasteiger partial charge >= 0.3 is 0 Å². The quantitative estimate of drug-likeness (QED) is 0.794. The van der Waals surface area contributed by atoms with Crippen LogP contribution in [0.4, 0.5) is 0 Å². The summed E-state index contributed by atoms with van der Waals surface area (Å²) in [7, 11) is 2.14. The number of likely N-dealkylation sites (tertiary alicyclic amines) is 1. The Morgan fingerprint density at radius 1 is 1.40 bits per heavy atom. The van der Waals surface area contributed by atoms with Crippen molar-refractivity contribution in [2.45, 2.75) is 24.9 Å². The summed E-state index contributed by atoms with van der Waals surface area (Å²) < 4.78 is 0. The summed E-state index contributed by atoms with van der Waals surface area (Å²) in [5, 5.41) is 0.850. The van der Waals surface area contributed by atoms with Gasteiger partial charge in [-0.15, -0.1) is 0 Å². The van der Waals surface area contributed by atoms with Crippen molar-refractivity contribution in [3.63, 3.8) is 0 Å². The molecule has 2 rings (SSSR count). The number of nitrogens with zero attached hydrogens (tertiary/aromatic N) is 1. The third-order valence-corrected chi connectivity index (χ3v) is 3.52. The van der Waals surface area contributed by atoms with Crippen LogP contribution >= 0.6 is 11.6 Å². The van der Waals surface area contributed by atoms with Gasteiger partial charge in [0.2, 0.25) is 0 Å². The van der Waals surface area contributed by atoms with E-state index in [0.717, 1.165) is 24.4 Å². The number of piperidine rings is 1. The van der Waals surface area contributed by atoms with Gasteiger partial charge < -0.3 is 5.73 Å². The van der Waals surface area contributed by atoms with Gasteiger partial charge in [0.1, 0.15) is 0 Å². The molecule has 1 aliphatic heterocycles. The third-order valence-electron chi connectivity index (χ3n) is 3.17. The lowest BCUT2D eigenvalue weighted by atomic mass is 9.93. The molecular formula is C12H17ClN2. The Balaban J connectivity index is 2.25. The van der Waals surface area contributed by atoms with Gasteiger partial charge in [-0.25, -0.2) is 0 Å². The Bertz CT molecular complexity index is 340. The van der Waals surface area contributed by atoms with Gasteiger partial charge in [0.05, 0.1) is 0 Å². The Labute approximate surface area is 96.0 Å². The van der Waals surface area contributed by atoms with Crippen LogP contribution in [0.25, 0.3) is 0 Å². The highest BCUT2D eigenvalue weighted by Crippen LogP contribution is 2.33. The standard InChI is InChI=1S/C12H17ClN2/c1-15-7-6-9(14)8-12(15)10-4-2-3-5-11(10)13/h2-5,9,12H,6-8,14H2,1H3. The zero-order valence-corrected chi connectivity index (χ0v) is 9.74. The van der Waals surface area contributed by atoms with E-state index in [1.54, 1.807) is 0 Å². The van der Waals surface area contributed by atoms with Crippen LogP contribution in [-0.4, -0.2) is 24.5 Å². The monoisotopic (exact) mass is 224 g/mol. The predicted octanol–water partition coefficient (Wildman–Crippen LogP) is 2.43. The second kappa shape index (κ2) is 4.52. The molecule has 0 aromatic heterocycles. The van der Waals surface area contributed by atoms with E-state index in [1.165, 1.54) is 5.56 Å². The SMILES string of the molecule is CN1CCC(N)CC1c1ccccc1Cl. The van der Waals surface area contributed by atoms with E-state index < -0.39 is 0 Å². The summed E-state index contributed by atoms with van der Waals surface area (Å²) in [4.78, 5) is 2.34. The van der Waals surface area contributed by atoms with Gasteiger partial charge in [-0.05, 0) is 38.1 Å². The lowest BCUT2D eigenvalue weighted by molar-refractivity contribution is 0.171. The first-order chi connectivity index (χ1) is 7.18. The smallest absolute Gasteiger partial charge is 0.0453 e. The second-order valence-corrected chi connectivity index (χ2v) is 4.71. The number of hydrogen-bond donors (Lipinski definition) is 1. The molecule has 15 heavy (non-hydrogen) atoms. The van der Waals surface area contributed by atoms with Gasteiger partial charge in [-0.3, -0.25) is 4.90 Å². The van der Waals surface area contributed by atoms with E-state index in [2.05, 4.69) is 18.0 Å². The first-order valence-electron chi connectivity index (χ1n) is 5.38. The molecule has 1 saturated heterocycles. The molecule has 0 spiro atoms. The molecule has 1 aromatic rings. The van der Waals surface area contributed by atoms with Crippen LogP contribution < -0.4 is 5.73 Å². The van der Waals surface area contributed by atoms with E-state index in [-0.39, 0.29) is 0 Å². The Hall–Kier alpha value is -0.570. The molecule has 2 nitrogen and oxygen atoms in total. The van der Waals surface area contributed by atoms with Gasteiger partial charge in [-0.1, -0.05) is 29.8 Å². The van der Waals surface area contributed by atoms with Crippen molar-refractivity contribution in [3.05, 3.63) is 34.9 Å². The van der Waals surface area contributed by atoms with E-state index in [4.69, 9.17) is 17.3 Å². The van der Waals surface area contributed by atoms with Crippen molar-refractivity contribution < 1.29 is 0 Å². The minimum atomic E-state index is 0.308. The Morgan fingerprint density at radius 2 is 2.13 bits per heavy atom. The lowest BCUT2D eigenvalue weighted by Crippen LogP contribution is -2.39. The molecule has 2 N–H and O–H groups in total. The first-order valence-corrected chi connectivity index (χ1v) is 5.76. The molecule has 0 amide bonds. The highest BCUT2D eigenvalue weighted by Gasteiger charge is 2.26. The van der Waals surface area contributed by atoms with Crippen molar-refractivity contribution >= 4 is 11.6 Å². The van der Waals surface area contributed by atoms with Crippen LogP contribution in [0.3, 0.4) is 0 Å². The third kappa shape index (κ3) is 2.33. The van der Waals surface area contributed by atoms with Crippen LogP contribution in [0.1, 0.15) is 24.4 Å². The summed E-state index contributed by atoms with van der Waals surface area (Å²) >= 11 is 6.20. The topological polar surface area (TPSA) is 29.3 Å². The van der Waals surface area contributed by atoms with E-state index >= 15 is 0 Å². The summed E-state index contributed by atoms with van der Waals surface area (Å²) in [6, 6.07) is 8.74. The molecule has 0 aliphatic carbocycles. The second-order valence-electron chi connectivity index (χ2n) is 4.30. The molecule has 82 valence electrons. The molecule has 1 aromatic carbocycles. The van der Waals surface area contributed by atoms with Crippen LogP contribution in [0, 0.1) is 0 Å². The van der Waals surface area contributed by atoms with Gasteiger partial charge in [0.25, 0.3) is 0 Å². The summed E-state index contributed by atoms with van der Waals surface area (Å²) in [6.45, 7) is 1.05. The highest BCUT2D eigenvalue weighted by atomic mass is 35.5. The lowest BCUT2D eigenvalue weighted by Gasteiger charge is -2.36. The minimum absolute atomic E-state index is 0.308. The molecule has 3 heteroatoms. The average molecular weight is 225 g/mol. The normalized spacial score (nSPS) is 27.9. The molecule has 2 atom stereocenters. The fourth-order valence-electron chi connectivity index (χ4n) is 2.22. The van der Waals surface area contributed by atoms with E-state index in [1.807, 2.05) is 18.2 Å². The average Bonchev–Trinajstić information content (AvgIpc) is 2.23. The first kappa shape index (κ1) is 10.9. The van der Waals surface area contributed by atoms with Crippen molar-refractivity contribution in [2.75, 3.05) is 13.6 Å². The van der Waals surface area contributed by atoms with Crippen molar-refractivity contribution in [1.29, 1.82) is 0 Å². The molecule has 1 aliphatic rings. The molecule has 1 fully saturated rings. The van der Waals surface area contributed by atoms with Gasteiger partial charge in [0, 0.05) is 17.1 Å². The largest absolute Gasteiger partial charge is 0.328 e. The van der Waals surface area contributed by atoms with Crippen LogP contribution in [0.5, 0.6) is 0 Å². The zero-order valence-electron chi connectivity index (χ0n) is 8.99. The number of hydrogen-bond acceptors (Lipinski definition) is 2. The van der Waals surface area contributed by atoms with E-state index in [9.17, 15) is 0 Å². The van der Waals surface area contributed by atoms with Gasteiger partial charge in [0.15, 0.2) is 0 Å². The van der Waals surface area contributed by atoms with Crippen LogP contribution in [0.15, 0.2) is 24.3 Å². The molecule has 0 radical (unpaired) electrons. The fourth-order valence-corrected chi connectivity index (χ4v) is 2.48. The highest BCUT2D eigenvalue weighted by molar-refractivity contribution is 6.31. The minimum Gasteiger partial charge on any atom is -0.328 e. The van der Waals surface area contributed by atoms with E-state index in [0.29, 0.717) is 12.1 Å². The number of benzene rings is 1. The Morgan fingerprint density at radius 3 is 2.87 bits per heavy atom. The summed E-state index contributed by atoms with van der Waals surface area (Å²) in [5.74, 6) is 0. The number of nitrogens with two attached hydrogens (primary N) is 1. The number of halogens is 1. The molecular weight excluding hydrogens is 208 g/mol. The maximum atomic E-state index is 6.20. The predicted molar refractivity (Wildman–Crippen MR) is 64.0 cm³/mol. The molecule has 0 saturated carbocycles. The molecule has 0 bridgehead atoms. The van der Waals surface area contributed by atoms with Gasteiger partial charge in [-0.2, -0.15) is 0 Å². The fraction of sp³-hybridized carbons (Fsp3) is 0.500. The molecule has 2 unspecified atom stereocenters. The number of rotatable bonds is 1. The van der Waals surface area contributed by atoms with Crippen molar-refractivity contribution in [3.8, 4) is 0 Å². The van der Waals surface area contributed by atoms with Crippen LogP contribution in [0.2, 0.25) is 5.02 Å². The maximum absolute atomic E-state index is 6.20. The van der Waals surface area contributed by atoms with Crippen molar-refractivity contribution in [2.24, 2.45) is 5.73 Å². The zero-order chi connectivity index (χ0) is 10.8. The summed E-state index contributed by atoms with van der Waals surface area (Å²) in [6.07, 6.45) is 2.08.